The van der Waals surface area contributed by atoms with Gasteiger partial charge in [-0.2, -0.15) is 0 Å². The van der Waals surface area contributed by atoms with Crippen LogP contribution in [0.4, 0.5) is 0 Å². The van der Waals surface area contributed by atoms with Crippen molar-refractivity contribution >= 4 is 29.8 Å². The number of hydrogen-bond donors (Lipinski definition) is 10. The number of aliphatic hydroxyl groups excluding tert-OH is 5. The third-order valence-corrected chi connectivity index (χ3v) is 19.7. The van der Waals surface area contributed by atoms with E-state index in [0.717, 1.165) is 74.0 Å². The van der Waals surface area contributed by atoms with Gasteiger partial charge in [0, 0.05) is 81.6 Å². The molecule has 5 heterocycles. The molecule has 0 aromatic rings. The van der Waals surface area contributed by atoms with Crippen LogP contribution in [0.5, 0.6) is 0 Å². The standard InChI is InChI=1S/C14H23N3O10.5C10H21NO/c18-10(19)5-15(1-3-16(6-11(20)21)7-12(22)23)2-4-17(8-13(24)25)9-14(26)27;5*1-9(2)6-8(12)7-10(3,4)11(9)5/h1-9H2,(H,18,19)(H,20,21)(H,22,23)(H,24,25)(H,26,27);5*8,12H,6-7H2,1-5H3. The number of rotatable bonds is 16. The third-order valence-electron chi connectivity index (χ3n) is 19.7. The molecule has 5 aliphatic heterocycles. The van der Waals surface area contributed by atoms with Crippen LogP contribution < -0.4 is 0 Å². The highest BCUT2D eigenvalue weighted by atomic mass is 16.4. The van der Waals surface area contributed by atoms with Crippen molar-refractivity contribution in [1.82, 2.24) is 39.2 Å². The maximum atomic E-state index is 11.0. The van der Waals surface area contributed by atoms with Gasteiger partial charge in [-0.25, -0.2) is 0 Å². The number of aliphatic carboxylic acids is 5. The zero-order valence-corrected chi connectivity index (χ0v) is 58.9. The van der Waals surface area contributed by atoms with Gasteiger partial charge < -0.3 is 51.1 Å². The summed E-state index contributed by atoms with van der Waals surface area (Å²) in [7, 11) is 10.7. The molecule has 10 N–H and O–H groups in total. The number of nitrogens with zero attached hydrogens (tertiary/aromatic N) is 8. The van der Waals surface area contributed by atoms with Crippen molar-refractivity contribution in [3.8, 4) is 0 Å². The number of carboxylic acid groups (broad SMARTS) is 5. The molecule has 0 bridgehead atoms. The lowest BCUT2D eigenvalue weighted by molar-refractivity contribution is -0.143. The van der Waals surface area contributed by atoms with Gasteiger partial charge in [0.1, 0.15) is 0 Å². The molecule has 0 aromatic carbocycles. The molecule has 5 saturated heterocycles. The van der Waals surface area contributed by atoms with Crippen molar-refractivity contribution in [3.05, 3.63) is 0 Å². The quantitative estimate of drug-likeness (QED) is 0.0916. The molecule has 23 heteroatoms. The van der Waals surface area contributed by atoms with E-state index in [1.54, 1.807) is 0 Å². The van der Waals surface area contributed by atoms with E-state index in [1.165, 1.54) is 4.90 Å². The normalized spacial score (nSPS) is 24.5. The van der Waals surface area contributed by atoms with Crippen molar-refractivity contribution in [1.29, 1.82) is 0 Å². The minimum atomic E-state index is -1.24. The van der Waals surface area contributed by atoms with Gasteiger partial charge in [-0.3, -0.25) is 63.2 Å². The van der Waals surface area contributed by atoms with E-state index < -0.39 is 62.6 Å². The summed E-state index contributed by atoms with van der Waals surface area (Å²) in [5, 5.41) is 92.5. The van der Waals surface area contributed by atoms with Gasteiger partial charge in [0.05, 0.1) is 63.2 Å². The van der Waals surface area contributed by atoms with Crippen LogP contribution >= 0.6 is 0 Å². The average Bonchev–Trinajstić information content (AvgIpc) is 3.28. The van der Waals surface area contributed by atoms with Crippen molar-refractivity contribution in [3.63, 3.8) is 0 Å². The molecule has 0 saturated carbocycles. The largest absolute Gasteiger partial charge is 0.480 e. The second-order valence-electron chi connectivity index (χ2n) is 31.9. The summed E-state index contributed by atoms with van der Waals surface area (Å²) in [4.78, 5) is 69.4. The molecule has 23 nitrogen and oxygen atoms in total. The van der Waals surface area contributed by atoms with Crippen molar-refractivity contribution in [2.45, 2.75) is 289 Å². The molecule has 0 spiro atoms. The second-order valence-corrected chi connectivity index (χ2v) is 31.9. The van der Waals surface area contributed by atoms with Gasteiger partial charge in [-0.15, -0.1) is 0 Å². The topological polar surface area (TPSA) is 314 Å². The molecule has 0 aromatic heterocycles. The summed E-state index contributed by atoms with van der Waals surface area (Å²) >= 11 is 0. The van der Waals surface area contributed by atoms with Crippen molar-refractivity contribution in [2.75, 3.05) is 94.1 Å². The van der Waals surface area contributed by atoms with Gasteiger partial charge in [0.15, 0.2) is 0 Å². The number of piperidine rings is 5. The van der Waals surface area contributed by atoms with E-state index in [-0.39, 0.29) is 112 Å². The van der Waals surface area contributed by atoms with Gasteiger partial charge >= 0.3 is 29.8 Å². The molecule has 5 aliphatic rings. The highest BCUT2D eigenvalue weighted by molar-refractivity contribution is 5.73. The summed E-state index contributed by atoms with van der Waals surface area (Å²) < 4.78 is 0. The number of likely N-dealkylation sites (tertiary alicyclic amines) is 5. The van der Waals surface area contributed by atoms with Gasteiger partial charge in [0.2, 0.25) is 0 Å². The first kappa shape index (κ1) is 83.8. The van der Waals surface area contributed by atoms with Crippen molar-refractivity contribution < 1.29 is 75.0 Å². The molecular formula is C64H128N8O15. The second kappa shape index (κ2) is 32.9. The summed E-state index contributed by atoms with van der Waals surface area (Å²) in [5.41, 5.74) is 1.26. The molecule has 514 valence electrons. The molecule has 0 atom stereocenters. The van der Waals surface area contributed by atoms with Gasteiger partial charge in [0.25, 0.3) is 0 Å². The summed E-state index contributed by atoms with van der Waals surface area (Å²) in [6.45, 7) is 41.1. The maximum absolute atomic E-state index is 11.0. The SMILES string of the molecule is CN1C(C)(C)CC(O)CC1(C)C.CN1C(C)(C)CC(O)CC1(C)C.CN1C(C)(C)CC(O)CC1(C)C.CN1C(C)(C)CC(O)CC1(C)C.CN1C(C)(C)CC(O)CC1(C)C.O=C(O)CN(CCN(CC(=O)O)CC(=O)O)CCN(CC(=O)O)CC(=O)O. The fourth-order valence-corrected chi connectivity index (χ4v) is 13.8. The fourth-order valence-electron chi connectivity index (χ4n) is 13.8. The monoisotopic (exact) mass is 1250 g/mol. The van der Waals surface area contributed by atoms with E-state index in [0.29, 0.717) is 0 Å². The number of hydrogen-bond acceptors (Lipinski definition) is 18. The van der Waals surface area contributed by atoms with Crippen LogP contribution in [-0.2, 0) is 24.0 Å². The van der Waals surface area contributed by atoms with Crippen LogP contribution in [0, 0.1) is 0 Å². The highest BCUT2D eigenvalue weighted by Gasteiger charge is 2.46. The van der Waals surface area contributed by atoms with Crippen LogP contribution in [0.1, 0.15) is 203 Å². The van der Waals surface area contributed by atoms with Gasteiger partial charge in [-0.05, 0) is 238 Å². The Kier molecular flexibility index (Phi) is 31.7. The summed E-state index contributed by atoms with van der Waals surface area (Å²) in [6, 6.07) is 0. The van der Waals surface area contributed by atoms with Crippen LogP contribution in [0.3, 0.4) is 0 Å². The highest BCUT2D eigenvalue weighted by Crippen LogP contribution is 2.40. The maximum Gasteiger partial charge on any atom is 0.317 e. The zero-order chi connectivity index (χ0) is 68.8. The number of carboxylic acids is 5. The molecule has 5 fully saturated rings. The Morgan fingerprint density at radius 3 is 0.483 bits per heavy atom. The minimum Gasteiger partial charge on any atom is -0.480 e. The molecular weight excluding hydrogens is 1120 g/mol. The lowest BCUT2D eigenvalue weighted by Gasteiger charge is -2.52. The molecule has 0 unspecified atom stereocenters. The fraction of sp³-hybridized carbons (Fsp3) is 0.922. The van der Waals surface area contributed by atoms with E-state index in [2.05, 4.69) is 198 Å². The Bertz CT molecular complexity index is 1770. The Morgan fingerprint density at radius 2 is 0.368 bits per heavy atom. The third kappa shape index (κ3) is 28.9. The lowest BCUT2D eigenvalue weighted by Crippen LogP contribution is -2.59. The molecule has 87 heavy (non-hydrogen) atoms. The molecule has 5 rings (SSSR count). The smallest absolute Gasteiger partial charge is 0.317 e. The van der Waals surface area contributed by atoms with E-state index >= 15 is 0 Å². The first-order chi connectivity index (χ1) is 38.8. The lowest BCUT2D eigenvalue weighted by atomic mass is 9.79. The van der Waals surface area contributed by atoms with Crippen molar-refractivity contribution in [2.24, 2.45) is 0 Å². The van der Waals surface area contributed by atoms with Crippen LogP contribution in [-0.4, -0.2) is 300 Å². The Morgan fingerprint density at radius 1 is 0.264 bits per heavy atom. The van der Waals surface area contributed by atoms with Crippen LogP contribution in [0.15, 0.2) is 0 Å². The van der Waals surface area contributed by atoms with Crippen LogP contribution in [0.2, 0.25) is 0 Å². The predicted octanol–water partition coefficient (Wildman–Crippen LogP) is 5.47. The zero-order valence-electron chi connectivity index (χ0n) is 58.9. The Balaban J connectivity index is 0.00000106. The first-order valence-electron chi connectivity index (χ1n) is 31.1. The summed E-state index contributed by atoms with van der Waals surface area (Å²) in [5.74, 6) is -6.16. The average molecular weight is 1250 g/mol. The Labute approximate surface area is 525 Å². The predicted molar refractivity (Wildman–Crippen MR) is 343 cm³/mol. The van der Waals surface area contributed by atoms with Gasteiger partial charge in [-0.1, -0.05) is 0 Å². The first-order valence-corrected chi connectivity index (χ1v) is 31.1. The van der Waals surface area contributed by atoms with Crippen LogP contribution in [0.25, 0.3) is 0 Å². The number of carbonyl (C=O) groups is 5. The van der Waals surface area contributed by atoms with E-state index in [1.807, 2.05) is 0 Å². The van der Waals surface area contributed by atoms with E-state index in [9.17, 15) is 49.5 Å². The summed E-state index contributed by atoms with van der Waals surface area (Å²) in [6.07, 6.45) is 8.15. The Hall–Kier alpha value is -3.17. The molecule has 0 aliphatic carbocycles. The molecule has 0 amide bonds. The minimum absolute atomic E-state index is 0.000836. The van der Waals surface area contributed by atoms with E-state index in [4.69, 9.17) is 25.5 Å². The molecule has 0 radical (unpaired) electrons. The number of aliphatic hydroxyl groups is 5.